The van der Waals surface area contributed by atoms with E-state index in [1.807, 2.05) is 0 Å². The van der Waals surface area contributed by atoms with Crippen LogP contribution in [-0.2, 0) is 24.8 Å². The van der Waals surface area contributed by atoms with Gasteiger partial charge in [0.1, 0.15) is 5.82 Å². The Hall–Kier alpha value is -2.63. The molecule has 1 aromatic heterocycles. The molecule has 0 atom stereocenters. The maximum Gasteiger partial charge on any atom is 0.315 e. The highest BCUT2D eigenvalue weighted by atomic mass is 16.3. The van der Waals surface area contributed by atoms with Crippen LogP contribution in [0.3, 0.4) is 0 Å². The average Bonchev–Trinajstić information content (AvgIpc) is 3.17. The van der Waals surface area contributed by atoms with Crippen molar-refractivity contribution in [2.24, 2.45) is 5.92 Å². The van der Waals surface area contributed by atoms with Crippen LogP contribution in [0.4, 0.5) is 0 Å². The van der Waals surface area contributed by atoms with Crippen molar-refractivity contribution in [3.63, 3.8) is 0 Å². The molecule has 0 bridgehead atoms. The molecule has 1 fully saturated rings. The van der Waals surface area contributed by atoms with E-state index in [2.05, 4.69) is 43.1 Å². The van der Waals surface area contributed by atoms with E-state index in [1.54, 1.807) is 16.5 Å². The van der Waals surface area contributed by atoms with Gasteiger partial charge in [-0.2, -0.15) is 4.98 Å². The van der Waals surface area contributed by atoms with Crippen LogP contribution in [0.2, 0.25) is 0 Å². The molecule has 1 aromatic carbocycles. The summed E-state index contributed by atoms with van der Waals surface area (Å²) >= 11 is 0. The summed E-state index contributed by atoms with van der Waals surface area (Å²) in [5, 5.41) is 10.3. The summed E-state index contributed by atoms with van der Waals surface area (Å²) in [5.74, 6) is 0.353. The standard InChI is InChI=1S/C24H31N3O3/c1-16(2)13-17-7-6-8-18(14-17)24(9-4-5-10-24)15-19-25-22(29)21(28)20-23(30)26(3)11-12-27(19)20/h6-8,14,16,28H,4-5,9-13,15H2,1-3H3. The van der Waals surface area contributed by atoms with E-state index in [1.165, 1.54) is 11.1 Å². The van der Waals surface area contributed by atoms with E-state index < -0.39 is 11.3 Å². The Balaban J connectivity index is 1.78. The lowest BCUT2D eigenvalue weighted by Gasteiger charge is -2.33. The van der Waals surface area contributed by atoms with Crippen molar-refractivity contribution in [3.8, 4) is 5.75 Å². The molecule has 1 amide bonds. The first kappa shape index (κ1) is 20.6. The molecule has 0 radical (unpaired) electrons. The van der Waals surface area contributed by atoms with Crippen LogP contribution in [0.1, 0.15) is 67.0 Å². The molecule has 160 valence electrons. The number of aromatic nitrogens is 2. The van der Waals surface area contributed by atoms with Gasteiger partial charge in [-0.3, -0.25) is 9.59 Å². The highest BCUT2D eigenvalue weighted by molar-refractivity contribution is 5.95. The predicted octanol–water partition coefficient (Wildman–Crippen LogP) is 3.29. The number of fused-ring (bicyclic) bond motifs is 1. The number of hydrogen-bond donors (Lipinski definition) is 1. The third-order valence-electron chi connectivity index (χ3n) is 6.69. The van der Waals surface area contributed by atoms with Gasteiger partial charge in [-0.1, -0.05) is 51.0 Å². The van der Waals surface area contributed by atoms with Crippen molar-refractivity contribution < 1.29 is 9.90 Å². The van der Waals surface area contributed by atoms with Crippen molar-refractivity contribution in [3.05, 3.63) is 57.3 Å². The molecule has 6 nitrogen and oxygen atoms in total. The number of carbonyl (C=O) groups is 1. The monoisotopic (exact) mass is 409 g/mol. The van der Waals surface area contributed by atoms with Crippen LogP contribution >= 0.6 is 0 Å². The minimum Gasteiger partial charge on any atom is -0.501 e. The van der Waals surface area contributed by atoms with Gasteiger partial charge < -0.3 is 14.6 Å². The lowest BCUT2D eigenvalue weighted by Crippen LogP contribution is -2.42. The SMILES string of the molecule is CC(C)Cc1cccc(C2(Cc3nc(=O)c(O)c4n3CCN(C)C4=O)CCCC2)c1. The summed E-state index contributed by atoms with van der Waals surface area (Å²) < 4.78 is 1.77. The number of nitrogens with zero attached hydrogens (tertiary/aromatic N) is 3. The lowest BCUT2D eigenvalue weighted by molar-refractivity contribution is 0.0737. The molecular weight excluding hydrogens is 378 g/mol. The Bertz CT molecular complexity index is 1020. The second-order valence-electron chi connectivity index (χ2n) is 9.37. The Morgan fingerprint density at radius 3 is 2.60 bits per heavy atom. The largest absolute Gasteiger partial charge is 0.501 e. The number of hydrogen-bond acceptors (Lipinski definition) is 4. The first-order chi connectivity index (χ1) is 14.3. The maximum atomic E-state index is 12.7. The Kier molecular flexibility index (Phi) is 5.43. The quantitative estimate of drug-likeness (QED) is 0.822. The Labute approximate surface area is 177 Å². The average molecular weight is 410 g/mol. The summed E-state index contributed by atoms with van der Waals surface area (Å²) in [7, 11) is 1.69. The van der Waals surface area contributed by atoms with Crippen molar-refractivity contribution in [1.82, 2.24) is 14.5 Å². The highest BCUT2D eigenvalue weighted by Crippen LogP contribution is 2.44. The summed E-state index contributed by atoms with van der Waals surface area (Å²) in [4.78, 5) is 30.8. The molecule has 1 saturated carbocycles. The van der Waals surface area contributed by atoms with Crippen LogP contribution in [0.15, 0.2) is 29.1 Å². The normalized spacial score (nSPS) is 18.1. The molecule has 0 spiro atoms. The van der Waals surface area contributed by atoms with Crippen molar-refractivity contribution in [2.75, 3.05) is 13.6 Å². The minimum atomic E-state index is -0.707. The van der Waals surface area contributed by atoms with E-state index in [0.29, 0.717) is 31.3 Å². The van der Waals surface area contributed by atoms with Crippen molar-refractivity contribution in [2.45, 2.75) is 64.3 Å². The molecule has 0 saturated heterocycles. The van der Waals surface area contributed by atoms with Gasteiger partial charge in [0.2, 0.25) is 5.75 Å². The minimum absolute atomic E-state index is 0.0838. The first-order valence-electron chi connectivity index (χ1n) is 11.0. The second-order valence-corrected chi connectivity index (χ2v) is 9.37. The number of benzene rings is 1. The summed E-state index contributed by atoms with van der Waals surface area (Å²) in [6.07, 6.45) is 6.02. The lowest BCUT2D eigenvalue weighted by atomic mass is 9.75. The van der Waals surface area contributed by atoms with Crippen LogP contribution in [-0.4, -0.2) is 39.1 Å². The first-order valence-corrected chi connectivity index (χ1v) is 11.0. The van der Waals surface area contributed by atoms with Crippen molar-refractivity contribution in [1.29, 1.82) is 0 Å². The number of aromatic hydroxyl groups is 1. The van der Waals surface area contributed by atoms with Crippen LogP contribution in [0.25, 0.3) is 0 Å². The second kappa shape index (κ2) is 7.89. The Morgan fingerprint density at radius 2 is 1.90 bits per heavy atom. The van der Waals surface area contributed by atoms with Gasteiger partial charge in [-0.05, 0) is 36.3 Å². The van der Waals surface area contributed by atoms with E-state index in [-0.39, 0.29) is 17.0 Å². The van der Waals surface area contributed by atoms with Gasteiger partial charge in [0.25, 0.3) is 5.91 Å². The van der Waals surface area contributed by atoms with Gasteiger partial charge in [0, 0.05) is 32.0 Å². The molecule has 1 aliphatic heterocycles. The van der Waals surface area contributed by atoms with Gasteiger partial charge in [-0.15, -0.1) is 0 Å². The number of amides is 1. The molecule has 2 aliphatic rings. The Morgan fingerprint density at radius 1 is 1.17 bits per heavy atom. The number of carbonyl (C=O) groups excluding carboxylic acids is 1. The fourth-order valence-electron chi connectivity index (χ4n) is 5.14. The number of likely N-dealkylation sites (N-methyl/N-ethyl adjacent to an activating group) is 1. The smallest absolute Gasteiger partial charge is 0.315 e. The van der Waals surface area contributed by atoms with E-state index in [0.717, 1.165) is 32.1 Å². The molecule has 2 heterocycles. The van der Waals surface area contributed by atoms with E-state index in [4.69, 9.17) is 0 Å². The molecule has 1 N–H and O–H groups in total. The molecule has 1 aliphatic carbocycles. The van der Waals surface area contributed by atoms with Crippen molar-refractivity contribution >= 4 is 5.91 Å². The van der Waals surface area contributed by atoms with Gasteiger partial charge in [0.05, 0.1) is 0 Å². The van der Waals surface area contributed by atoms with Gasteiger partial charge >= 0.3 is 5.56 Å². The fourth-order valence-corrected chi connectivity index (χ4v) is 5.14. The fraction of sp³-hybridized carbons (Fsp3) is 0.542. The van der Waals surface area contributed by atoms with Gasteiger partial charge in [0.15, 0.2) is 5.69 Å². The van der Waals surface area contributed by atoms with Crippen LogP contribution in [0.5, 0.6) is 5.75 Å². The molecule has 0 unspecified atom stereocenters. The highest BCUT2D eigenvalue weighted by Gasteiger charge is 2.39. The zero-order valence-electron chi connectivity index (χ0n) is 18.1. The van der Waals surface area contributed by atoms with E-state index >= 15 is 0 Å². The van der Waals surface area contributed by atoms with Crippen LogP contribution < -0.4 is 5.56 Å². The summed E-state index contributed by atoms with van der Waals surface area (Å²) in [5.41, 5.74) is 1.93. The third kappa shape index (κ3) is 3.64. The zero-order chi connectivity index (χ0) is 21.5. The van der Waals surface area contributed by atoms with E-state index in [9.17, 15) is 14.7 Å². The predicted molar refractivity (Wildman–Crippen MR) is 116 cm³/mol. The third-order valence-corrected chi connectivity index (χ3v) is 6.69. The topological polar surface area (TPSA) is 75.4 Å². The van der Waals surface area contributed by atoms with Gasteiger partial charge in [-0.25, -0.2) is 0 Å². The molecule has 4 rings (SSSR count). The maximum absolute atomic E-state index is 12.7. The number of rotatable bonds is 5. The van der Waals surface area contributed by atoms with Crippen LogP contribution in [0, 0.1) is 5.92 Å². The molecule has 2 aromatic rings. The molecule has 6 heteroatoms. The summed E-state index contributed by atoms with van der Waals surface area (Å²) in [6.45, 7) is 5.53. The summed E-state index contributed by atoms with van der Waals surface area (Å²) in [6, 6.07) is 8.84. The molecular formula is C24H31N3O3. The zero-order valence-corrected chi connectivity index (χ0v) is 18.1. The molecule has 30 heavy (non-hydrogen) atoms.